The van der Waals surface area contributed by atoms with E-state index in [2.05, 4.69) is 9.97 Å². The van der Waals surface area contributed by atoms with E-state index in [0.717, 1.165) is 10.1 Å². The number of carbonyl (C=O) groups excluding carboxylic acids is 1. The van der Waals surface area contributed by atoms with Gasteiger partial charge < -0.3 is 9.30 Å². The standard InChI is InChI=1S/C16H17N5O4/c1-19-14-13(15(23)20(2)16(19)24)21(10-18-14)6-7-25-12(22)8-11-4-3-5-17-9-11/h3-5,9-10H,6-8H2,1-2H3. The number of carbonyl (C=O) groups is 1. The molecule has 0 fully saturated rings. The van der Waals surface area contributed by atoms with Crippen LogP contribution in [0.5, 0.6) is 0 Å². The molecule has 0 N–H and O–H groups in total. The molecule has 9 nitrogen and oxygen atoms in total. The summed E-state index contributed by atoms with van der Waals surface area (Å²) in [5.74, 6) is -0.377. The molecular weight excluding hydrogens is 326 g/mol. The van der Waals surface area contributed by atoms with Crippen LogP contribution in [-0.2, 0) is 36.6 Å². The molecule has 0 aliphatic carbocycles. The second-order valence-corrected chi connectivity index (χ2v) is 5.57. The smallest absolute Gasteiger partial charge is 0.332 e. The Morgan fingerprint density at radius 3 is 2.76 bits per heavy atom. The van der Waals surface area contributed by atoms with Crippen molar-refractivity contribution in [1.29, 1.82) is 0 Å². The minimum Gasteiger partial charge on any atom is -0.464 e. The number of nitrogens with zero attached hydrogens (tertiary/aromatic N) is 5. The molecule has 0 spiro atoms. The Morgan fingerprint density at radius 1 is 1.24 bits per heavy atom. The second-order valence-electron chi connectivity index (χ2n) is 5.57. The first-order valence-electron chi connectivity index (χ1n) is 7.64. The van der Waals surface area contributed by atoms with E-state index >= 15 is 0 Å². The van der Waals surface area contributed by atoms with Gasteiger partial charge in [0, 0.05) is 26.5 Å². The van der Waals surface area contributed by atoms with E-state index in [9.17, 15) is 14.4 Å². The van der Waals surface area contributed by atoms with Crippen LogP contribution in [-0.4, -0.2) is 36.2 Å². The van der Waals surface area contributed by atoms with Crippen molar-refractivity contribution in [3.05, 3.63) is 57.3 Å². The highest BCUT2D eigenvalue weighted by Crippen LogP contribution is 2.05. The Morgan fingerprint density at radius 2 is 2.04 bits per heavy atom. The van der Waals surface area contributed by atoms with Crippen molar-refractivity contribution < 1.29 is 9.53 Å². The van der Waals surface area contributed by atoms with Crippen molar-refractivity contribution in [3.63, 3.8) is 0 Å². The average molecular weight is 343 g/mol. The quantitative estimate of drug-likeness (QED) is 0.585. The van der Waals surface area contributed by atoms with Gasteiger partial charge in [-0.1, -0.05) is 6.07 Å². The predicted molar refractivity (Wildman–Crippen MR) is 89.1 cm³/mol. The fourth-order valence-electron chi connectivity index (χ4n) is 2.54. The van der Waals surface area contributed by atoms with Gasteiger partial charge >= 0.3 is 11.7 Å². The minimum atomic E-state index is -0.439. The summed E-state index contributed by atoms with van der Waals surface area (Å²) in [5.41, 5.74) is 0.495. The lowest BCUT2D eigenvalue weighted by Crippen LogP contribution is -2.37. The van der Waals surface area contributed by atoms with E-state index < -0.39 is 11.2 Å². The van der Waals surface area contributed by atoms with Crippen molar-refractivity contribution in [3.8, 4) is 0 Å². The summed E-state index contributed by atoms with van der Waals surface area (Å²) in [4.78, 5) is 44.1. The van der Waals surface area contributed by atoms with Crippen molar-refractivity contribution in [2.24, 2.45) is 14.1 Å². The highest BCUT2D eigenvalue weighted by molar-refractivity contribution is 5.72. The molecule has 3 aromatic heterocycles. The molecule has 3 aromatic rings. The van der Waals surface area contributed by atoms with E-state index in [1.165, 1.54) is 17.9 Å². The number of hydrogen-bond donors (Lipinski definition) is 0. The molecule has 0 radical (unpaired) electrons. The maximum absolute atomic E-state index is 12.3. The Kier molecular flexibility index (Phi) is 4.46. The maximum Gasteiger partial charge on any atom is 0.332 e. The van der Waals surface area contributed by atoms with Crippen molar-refractivity contribution in [2.45, 2.75) is 13.0 Å². The molecule has 25 heavy (non-hydrogen) atoms. The molecule has 3 rings (SSSR count). The summed E-state index contributed by atoms with van der Waals surface area (Å²) < 4.78 is 9.11. The number of aryl methyl sites for hydroxylation is 1. The van der Waals surface area contributed by atoms with Crippen LogP contribution in [0.15, 0.2) is 40.4 Å². The fraction of sp³-hybridized carbons (Fsp3) is 0.312. The molecule has 0 aromatic carbocycles. The molecule has 130 valence electrons. The number of hydrogen-bond acceptors (Lipinski definition) is 6. The Balaban J connectivity index is 1.71. The SMILES string of the molecule is Cn1c(=O)c2c(ncn2CCOC(=O)Cc2cccnc2)n(C)c1=O. The number of ether oxygens (including phenoxy) is 1. The Bertz CT molecular complexity index is 1030. The number of imidazole rings is 1. The lowest BCUT2D eigenvalue weighted by atomic mass is 10.2. The third kappa shape index (κ3) is 3.21. The van der Waals surface area contributed by atoms with E-state index in [0.29, 0.717) is 11.2 Å². The third-order valence-electron chi connectivity index (χ3n) is 3.88. The van der Waals surface area contributed by atoms with Crippen LogP contribution in [0.1, 0.15) is 5.56 Å². The summed E-state index contributed by atoms with van der Waals surface area (Å²) >= 11 is 0. The van der Waals surface area contributed by atoms with E-state index in [1.54, 1.807) is 36.1 Å². The number of esters is 1. The van der Waals surface area contributed by atoms with Crippen LogP contribution >= 0.6 is 0 Å². The summed E-state index contributed by atoms with van der Waals surface area (Å²) in [6, 6.07) is 3.54. The molecule has 0 bridgehead atoms. The molecule has 0 saturated heterocycles. The van der Waals surface area contributed by atoms with Crippen LogP contribution < -0.4 is 11.2 Å². The van der Waals surface area contributed by atoms with E-state index in [4.69, 9.17) is 4.74 Å². The topological polar surface area (TPSA) is 101 Å². The zero-order chi connectivity index (χ0) is 18.0. The Labute approximate surface area is 142 Å². The zero-order valence-electron chi connectivity index (χ0n) is 13.9. The highest BCUT2D eigenvalue weighted by atomic mass is 16.5. The second kappa shape index (κ2) is 6.71. The van der Waals surface area contributed by atoms with Crippen LogP contribution in [0.3, 0.4) is 0 Å². The predicted octanol–water partition coefficient (Wildman–Crippen LogP) is -0.385. The number of pyridine rings is 1. The molecule has 0 saturated carbocycles. The number of aromatic nitrogens is 5. The summed E-state index contributed by atoms with van der Waals surface area (Å²) in [6.07, 6.45) is 4.83. The lowest BCUT2D eigenvalue weighted by molar-refractivity contribution is -0.143. The van der Waals surface area contributed by atoms with Gasteiger partial charge in [-0.05, 0) is 11.6 Å². The Hall–Kier alpha value is -3.23. The van der Waals surface area contributed by atoms with E-state index in [-0.39, 0.29) is 25.5 Å². The van der Waals surface area contributed by atoms with E-state index in [1.807, 2.05) is 0 Å². The highest BCUT2D eigenvalue weighted by Gasteiger charge is 2.14. The molecule has 0 atom stereocenters. The number of rotatable bonds is 5. The first kappa shape index (κ1) is 16.6. The van der Waals surface area contributed by atoms with Gasteiger partial charge in [0.2, 0.25) is 0 Å². The van der Waals surface area contributed by atoms with Gasteiger partial charge in [0.1, 0.15) is 6.61 Å². The van der Waals surface area contributed by atoms with Gasteiger partial charge in [0.05, 0.1) is 19.3 Å². The average Bonchev–Trinajstić information content (AvgIpc) is 3.03. The molecule has 3 heterocycles. The zero-order valence-corrected chi connectivity index (χ0v) is 13.9. The lowest BCUT2D eigenvalue weighted by Gasteiger charge is -2.08. The van der Waals surface area contributed by atoms with Gasteiger partial charge in [0.25, 0.3) is 5.56 Å². The van der Waals surface area contributed by atoms with Crippen molar-refractivity contribution in [2.75, 3.05) is 6.61 Å². The molecular formula is C16H17N5O4. The third-order valence-corrected chi connectivity index (χ3v) is 3.88. The van der Waals surface area contributed by atoms with Crippen molar-refractivity contribution >= 4 is 17.1 Å². The van der Waals surface area contributed by atoms with Crippen LogP contribution in [0.2, 0.25) is 0 Å². The van der Waals surface area contributed by atoms with Gasteiger partial charge in [-0.3, -0.25) is 23.7 Å². The molecule has 0 amide bonds. The summed E-state index contributed by atoms with van der Waals surface area (Å²) in [7, 11) is 2.96. The van der Waals surface area contributed by atoms with Gasteiger partial charge in [-0.2, -0.15) is 0 Å². The van der Waals surface area contributed by atoms with Crippen LogP contribution in [0.25, 0.3) is 11.2 Å². The largest absolute Gasteiger partial charge is 0.464 e. The van der Waals surface area contributed by atoms with Gasteiger partial charge in [-0.15, -0.1) is 0 Å². The van der Waals surface area contributed by atoms with Gasteiger partial charge in [0.15, 0.2) is 11.2 Å². The molecule has 9 heteroatoms. The first-order chi connectivity index (χ1) is 12.0. The summed E-state index contributed by atoms with van der Waals surface area (Å²) in [6.45, 7) is 0.360. The molecule has 0 unspecified atom stereocenters. The fourth-order valence-corrected chi connectivity index (χ4v) is 2.54. The monoisotopic (exact) mass is 343 g/mol. The van der Waals surface area contributed by atoms with Crippen LogP contribution in [0, 0.1) is 0 Å². The number of fused-ring (bicyclic) bond motifs is 1. The van der Waals surface area contributed by atoms with Crippen LogP contribution in [0.4, 0.5) is 0 Å². The first-order valence-corrected chi connectivity index (χ1v) is 7.64. The molecule has 0 aliphatic heterocycles. The van der Waals surface area contributed by atoms with Gasteiger partial charge in [-0.25, -0.2) is 9.78 Å². The maximum atomic E-state index is 12.3. The van der Waals surface area contributed by atoms with Crippen molar-refractivity contribution in [1.82, 2.24) is 23.7 Å². The minimum absolute atomic E-state index is 0.0938. The summed E-state index contributed by atoms with van der Waals surface area (Å²) in [5, 5.41) is 0. The normalized spacial score (nSPS) is 11.0. The molecule has 0 aliphatic rings.